The second-order valence-corrected chi connectivity index (χ2v) is 13.0. The minimum absolute atomic E-state index is 0.0354. The molecule has 2 unspecified atom stereocenters. The molecule has 37 heavy (non-hydrogen) atoms. The number of amides is 1. The van der Waals surface area contributed by atoms with Crippen LogP contribution < -0.4 is 4.90 Å². The average Bonchev–Trinajstić information content (AvgIpc) is 3.57. The van der Waals surface area contributed by atoms with Crippen molar-refractivity contribution in [2.75, 3.05) is 24.6 Å². The van der Waals surface area contributed by atoms with Crippen molar-refractivity contribution in [3.63, 3.8) is 0 Å². The van der Waals surface area contributed by atoms with Gasteiger partial charge in [-0.2, -0.15) is 4.31 Å². The van der Waals surface area contributed by atoms with Crippen LogP contribution in [0.2, 0.25) is 0 Å². The zero-order valence-electron chi connectivity index (χ0n) is 21.8. The van der Waals surface area contributed by atoms with E-state index in [1.807, 2.05) is 6.92 Å². The number of aryl methyl sites for hydroxylation is 2. The first-order chi connectivity index (χ1) is 17.8. The van der Waals surface area contributed by atoms with E-state index in [1.54, 1.807) is 33.5 Å². The molecule has 3 aromatic rings. The Morgan fingerprint density at radius 3 is 2.57 bits per heavy atom. The quantitative estimate of drug-likeness (QED) is 0.384. The van der Waals surface area contributed by atoms with E-state index < -0.39 is 10.0 Å². The Bertz CT molecular complexity index is 1340. The highest BCUT2D eigenvalue weighted by atomic mass is 32.2. The van der Waals surface area contributed by atoms with Crippen molar-refractivity contribution >= 4 is 42.6 Å². The van der Waals surface area contributed by atoms with E-state index in [2.05, 4.69) is 26.0 Å². The molecule has 9 heteroatoms. The first kappa shape index (κ1) is 26.3. The molecule has 1 amide bonds. The van der Waals surface area contributed by atoms with Crippen LogP contribution in [0, 0.1) is 13.8 Å². The Morgan fingerprint density at radius 2 is 1.86 bits per heavy atom. The fourth-order valence-corrected chi connectivity index (χ4v) is 8.10. The molecule has 2 atom stereocenters. The van der Waals surface area contributed by atoms with Gasteiger partial charge in [0.2, 0.25) is 10.0 Å². The SMILES string of the molecule is CCC1CCCCN1S(=O)(=O)c1ccc(C(=O)N(CC2CCCO2)c2nc3cc(C)c(C)cc3s2)cc1. The maximum absolute atomic E-state index is 13.8. The molecule has 5 rings (SSSR count). The summed E-state index contributed by atoms with van der Waals surface area (Å²) in [6, 6.07) is 10.6. The van der Waals surface area contributed by atoms with Crippen LogP contribution in [0.5, 0.6) is 0 Å². The summed E-state index contributed by atoms with van der Waals surface area (Å²) in [4.78, 5) is 20.5. The molecule has 0 bridgehead atoms. The Morgan fingerprint density at radius 1 is 1.11 bits per heavy atom. The number of carbonyl (C=O) groups excluding carboxylic acids is 1. The predicted molar refractivity (Wildman–Crippen MR) is 148 cm³/mol. The third-order valence-corrected chi connectivity index (χ3v) is 10.6. The molecule has 7 nitrogen and oxygen atoms in total. The van der Waals surface area contributed by atoms with E-state index in [0.29, 0.717) is 30.4 Å². The van der Waals surface area contributed by atoms with Crippen molar-refractivity contribution < 1.29 is 17.9 Å². The number of nitrogens with zero attached hydrogens (tertiary/aromatic N) is 3. The summed E-state index contributed by atoms with van der Waals surface area (Å²) in [6.45, 7) is 7.84. The first-order valence-corrected chi connectivity index (χ1v) is 15.5. The molecule has 198 valence electrons. The van der Waals surface area contributed by atoms with Crippen LogP contribution in [0.15, 0.2) is 41.3 Å². The molecule has 3 heterocycles. The number of piperidine rings is 1. The highest BCUT2D eigenvalue weighted by Crippen LogP contribution is 2.33. The highest BCUT2D eigenvalue weighted by molar-refractivity contribution is 7.89. The summed E-state index contributed by atoms with van der Waals surface area (Å²) in [6.07, 6.45) is 5.48. The van der Waals surface area contributed by atoms with Crippen LogP contribution in [0.3, 0.4) is 0 Å². The molecular weight excluding hydrogens is 506 g/mol. The molecular formula is C28H35N3O4S2. The Hall–Kier alpha value is -2.33. The fraction of sp³-hybridized carbons (Fsp3) is 0.500. The first-order valence-electron chi connectivity index (χ1n) is 13.2. The van der Waals surface area contributed by atoms with Crippen LogP contribution in [0.25, 0.3) is 10.2 Å². The van der Waals surface area contributed by atoms with Gasteiger partial charge in [-0.3, -0.25) is 9.69 Å². The van der Waals surface area contributed by atoms with E-state index in [0.717, 1.165) is 54.3 Å². The molecule has 0 spiro atoms. The lowest BCUT2D eigenvalue weighted by molar-refractivity contribution is 0.0917. The molecule has 2 aliphatic rings. The van der Waals surface area contributed by atoms with Gasteiger partial charge in [0.15, 0.2) is 5.13 Å². The molecule has 2 fully saturated rings. The number of rotatable bonds is 7. The normalized spacial score (nSPS) is 20.9. The number of hydrogen-bond acceptors (Lipinski definition) is 6. The number of ether oxygens (including phenoxy) is 1. The maximum atomic E-state index is 13.8. The lowest BCUT2D eigenvalue weighted by Gasteiger charge is -2.34. The average molecular weight is 542 g/mol. The smallest absolute Gasteiger partial charge is 0.260 e. The van der Waals surface area contributed by atoms with Crippen LogP contribution in [-0.2, 0) is 14.8 Å². The Labute approximate surface area is 223 Å². The van der Waals surface area contributed by atoms with Crippen LogP contribution in [0.1, 0.15) is 66.9 Å². The zero-order valence-corrected chi connectivity index (χ0v) is 23.4. The molecule has 0 aliphatic carbocycles. The summed E-state index contributed by atoms with van der Waals surface area (Å²) in [5.41, 5.74) is 3.67. The Kier molecular flexibility index (Phi) is 7.68. The number of sulfonamides is 1. The molecule has 1 aromatic heterocycles. The molecule has 0 radical (unpaired) electrons. The summed E-state index contributed by atoms with van der Waals surface area (Å²) in [5, 5.41) is 0.635. The molecule has 2 aromatic carbocycles. The third-order valence-electron chi connectivity index (χ3n) is 7.63. The largest absolute Gasteiger partial charge is 0.376 e. The fourth-order valence-electron chi connectivity index (χ4n) is 5.28. The number of hydrogen-bond donors (Lipinski definition) is 0. The van der Waals surface area contributed by atoms with Gasteiger partial charge in [0.05, 0.1) is 27.8 Å². The maximum Gasteiger partial charge on any atom is 0.260 e. The van der Waals surface area contributed by atoms with Crippen molar-refractivity contribution in [2.24, 2.45) is 0 Å². The van der Waals surface area contributed by atoms with E-state index >= 15 is 0 Å². The summed E-state index contributed by atoms with van der Waals surface area (Å²) in [7, 11) is -3.60. The highest BCUT2D eigenvalue weighted by Gasteiger charge is 2.33. The second kappa shape index (κ2) is 10.8. The Balaban J connectivity index is 1.44. The number of thiazole rings is 1. The van der Waals surface area contributed by atoms with Gasteiger partial charge in [-0.05, 0) is 93.5 Å². The third kappa shape index (κ3) is 5.32. The molecule has 2 saturated heterocycles. The van der Waals surface area contributed by atoms with Gasteiger partial charge in [-0.1, -0.05) is 24.7 Å². The van der Waals surface area contributed by atoms with Crippen molar-refractivity contribution in [2.45, 2.75) is 76.3 Å². The monoisotopic (exact) mass is 541 g/mol. The number of anilines is 1. The van der Waals surface area contributed by atoms with E-state index in [1.165, 1.54) is 16.9 Å². The van der Waals surface area contributed by atoms with Crippen molar-refractivity contribution in [1.29, 1.82) is 0 Å². The van der Waals surface area contributed by atoms with Crippen LogP contribution in [0.4, 0.5) is 5.13 Å². The molecule has 0 N–H and O–H groups in total. The van der Waals surface area contributed by atoms with Gasteiger partial charge >= 0.3 is 0 Å². The van der Waals surface area contributed by atoms with E-state index in [9.17, 15) is 13.2 Å². The van der Waals surface area contributed by atoms with Crippen LogP contribution in [-0.4, -0.2) is 55.5 Å². The zero-order chi connectivity index (χ0) is 26.2. The number of aromatic nitrogens is 1. The summed E-state index contributed by atoms with van der Waals surface area (Å²) >= 11 is 1.50. The number of fused-ring (bicyclic) bond motifs is 1. The van der Waals surface area contributed by atoms with Gasteiger partial charge in [0, 0.05) is 24.8 Å². The van der Waals surface area contributed by atoms with Gasteiger partial charge < -0.3 is 4.74 Å². The predicted octanol–water partition coefficient (Wildman–Crippen LogP) is 5.69. The van der Waals surface area contributed by atoms with Crippen molar-refractivity contribution in [3.8, 4) is 0 Å². The topological polar surface area (TPSA) is 79.8 Å². The van der Waals surface area contributed by atoms with Crippen molar-refractivity contribution in [3.05, 3.63) is 53.1 Å². The lowest BCUT2D eigenvalue weighted by Crippen LogP contribution is -2.43. The number of carbonyl (C=O) groups is 1. The van der Waals surface area contributed by atoms with Crippen molar-refractivity contribution in [1.82, 2.24) is 9.29 Å². The lowest BCUT2D eigenvalue weighted by atomic mass is 10.0. The van der Waals surface area contributed by atoms with Gasteiger partial charge in [0.1, 0.15) is 0 Å². The minimum atomic E-state index is -3.60. The summed E-state index contributed by atoms with van der Waals surface area (Å²) in [5.74, 6) is -0.198. The van der Waals surface area contributed by atoms with Gasteiger partial charge in [-0.15, -0.1) is 0 Å². The molecule has 2 aliphatic heterocycles. The van der Waals surface area contributed by atoms with Gasteiger partial charge in [-0.25, -0.2) is 13.4 Å². The second-order valence-electron chi connectivity index (χ2n) is 10.1. The van der Waals surface area contributed by atoms with Crippen LogP contribution >= 0.6 is 11.3 Å². The minimum Gasteiger partial charge on any atom is -0.376 e. The van der Waals surface area contributed by atoms with Gasteiger partial charge in [0.25, 0.3) is 5.91 Å². The number of benzene rings is 2. The van der Waals surface area contributed by atoms with E-state index in [-0.39, 0.29) is 22.9 Å². The molecule has 0 saturated carbocycles. The van der Waals surface area contributed by atoms with E-state index in [4.69, 9.17) is 9.72 Å². The standard InChI is InChI=1S/C28H35N3O4S2/c1-4-22-8-5-6-14-31(22)37(33,34)24-12-10-21(11-13-24)27(32)30(18-23-9-7-15-35-23)28-29-25-16-19(2)20(3)17-26(25)36-28/h10-13,16-17,22-23H,4-9,14-15,18H2,1-3H3. The summed E-state index contributed by atoms with van der Waals surface area (Å²) < 4.78 is 35.3.